The molecule has 1 N–H and O–H groups in total. The molecule has 6 heteroatoms. The molecule has 3 nitrogen and oxygen atoms in total. The summed E-state index contributed by atoms with van der Waals surface area (Å²) in [5, 5.41) is 2.63. The lowest BCUT2D eigenvalue weighted by atomic mass is 10.1. The fraction of sp³-hybridized carbons (Fsp3) is 0.111. The molecule has 0 aliphatic heterocycles. The molecule has 0 aromatic heterocycles. The Morgan fingerprint density at radius 3 is 2.38 bits per heavy atom. The molecular formula is C18H16ClNO2S2. The second-order valence-electron chi connectivity index (χ2n) is 5.21. The Kier molecular flexibility index (Phi) is 5.46. The molecule has 3 aromatic rings. The van der Waals surface area contributed by atoms with Crippen molar-refractivity contribution in [2.75, 3.05) is 12.3 Å². The summed E-state index contributed by atoms with van der Waals surface area (Å²) in [5.74, 6) is 0.647. The first-order chi connectivity index (χ1) is 11.5. The first-order valence-electron chi connectivity index (χ1n) is 7.41. The van der Waals surface area contributed by atoms with Crippen molar-refractivity contribution in [3.8, 4) is 0 Å². The van der Waals surface area contributed by atoms with Gasteiger partial charge in [0.1, 0.15) is 0 Å². The van der Waals surface area contributed by atoms with E-state index in [9.17, 15) is 8.42 Å². The minimum absolute atomic E-state index is 0.290. The van der Waals surface area contributed by atoms with Crippen LogP contribution in [0.2, 0.25) is 5.02 Å². The summed E-state index contributed by atoms with van der Waals surface area (Å²) >= 11 is 7.42. The number of rotatable bonds is 6. The molecule has 0 radical (unpaired) electrons. The van der Waals surface area contributed by atoms with Gasteiger partial charge in [-0.2, -0.15) is 0 Å². The summed E-state index contributed by atoms with van der Waals surface area (Å²) < 4.78 is 27.4. The number of halogens is 1. The summed E-state index contributed by atoms with van der Waals surface area (Å²) in [6.07, 6.45) is 0. The number of hydrogen-bond donors (Lipinski definition) is 1. The average Bonchev–Trinajstić information content (AvgIpc) is 2.60. The van der Waals surface area contributed by atoms with E-state index in [1.807, 2.05) is 54.6 Å². The van der Waals surface area contributed by atoms with Crippen molar-refractivity contribution >= 4 is 44.2 Å². The van der Waals surface area contributed by atoms with E-state index in [1.165, 1.54) is 0 Å². The van der Waals surface area contributed by atoms with Gasteiger partial charge in [-0.1, -0.05) is 41.9 Å². The Balaban J connectivity index is 1.61. The second kappa shape index (κ2) is 7.57. The van der Waals surface area contributed by atoms with Crippen molar-refractivity contribution in [3.63, 3.8) is 0 Å². The van der Waals surface area contributed by atoms with E-state index in [-0.39, 0.29) is 4.90 Å². The molecule has 0 amide bonds. The molecule has 24 heavy (non-hydrogen) atoms. The van der Waals surface area contributed by atoms with Crippen LogP contribution in [0.1, 0.15) is 0 Å². The van der Waals surface area contributed by atoms with Gasteiger partial charge in [0.2, 0.25) is 10.0 Å². The monoisotopic (exact) mass is 377 g/mol. The van der Waals surface area contributed by atoms with Crippen LogP contribution in [0.25, 0.3) is 10.8 Å². The summed E-state index contributed by atoms with van der Waals surface area (Å²) in [6, 6.07) is 20.3. The highest BCUT2D eigenvalue weighted by Crippen LogP contribution is 2.21. The summed E-state index contributed by atoms with van der Waals surface area (Å²) in [4.78, 5) is 1.35. The number of fused-ring (bicyclic) bond motifs is 1. The maximum atomic E-state index is 12.4. The van der Waals surface area contributed by atoms with Crippen molar-refractivity contribution in [2.24, 2.45) is 0 Å². The molecule has 3 rings (SSSR count). The topological polar surface area (TPSA) is 46.2 Å². The highest BCUT2D eigenvalue weighted by Gasteiger charge is 2.13. The smallest absolute Gasteiger partial charge is 0.210 e. The van der Waals surface area contributed by atoms with Crippen LogP contribution in [-0.4, -0.2) is 20.7 Å². The van der Waals surface area contributed by atoms with Crippen LogP contribution < -0.4 is 4.72 Å². The van der Waals surface area contributed by atoms with Gasteiger partial charge < -0.3 is 0 Å². The third kappa shape index (κ3) is 4.30. The van der Waals surface area contributed by atoms with Gasteiger partial charge in [-0.15, -0.1) is 11.8 Å². The molecular weight excluding hydrogens is 362 g/mol. The normalized spacial score (nSPS) is 11.7. The Morgan fingerprint density at radius 1 is 0.917 bits per heavy atom. The number of hydrogen-bond acceptors (Lipinski definition) is 3. The molecule has 3 aromatic carbocycles. The van der Waals surface area contributed by atoms with E-state index in [2.05, 4.69) is 4.72 Å². The van der Waals surface area contributed by atoms with Gasteiger partial charge in [-0.25, -0.2) is 13.1 Å². The zero-order valence-electron chi connectivity index (χ0n) is 12.8. The van der Waals surface area contributed by atoms with Crippen LogP contribution in [0.4, 0.5) is 0 Å². The van der Waals surface area contributed by atoms with Gasteiger partial charge in [0.05, 0.1) is 4.90 Å². The van der Waals surface area contributed by atoms with Crippen LogP contribution >= 0.6 is 23.4 Å². The first-order valence-corrected chi connectivity index (χ1v) is 10.3. The standard InChI is InChI=1S/C18H16ClNO2S2/c19-16-6-8-17(9-7-16)23-12-11-20-24(21,22)18-10-5-14-3-1-2-4-15(14)13-18/h1-10,13,20H,11-12H2. The van der Waals surface area contributed by atoms with E-state index in [4.69, 9.17) is 11.6 Å². The molecule has 0 bridgehead atoms. The minimum atomic E-state index is -3.50. The van der Waals surface area contributed by atoms with Gasteiger partial charge in [0.25, 0.3) is 0 Å². The van der Waals surface area contributed by atoms with Gasteiger partial charge in [-0.05, 0) is 47.2 Å². The quantitative estimate of drug-likeness (QED) is 0.505. The van der Waals surface area contributed by atoms with Crippen LogP contribution in [0.3, 0.4) is 0 Å². The maximum absolute atomic E-state index is 12.4. The summed E-state index contributed by atoms with van der Waals surface area (Å²) in [5.41, 5.74) is 0. The molecule has 0 aliphatic rings. The van der Waals surface area contributed by atoms with Crippen LogP contribution in [0, 0.1) is 0 Å². The van der Waals surface area contributed by atoms with E-state index >= 15 is 0 Å². The van der Waals surface area contributed by atoms with E-state index in [0.29, 0.717) is 17.3 Å². The van der Waals surface area contributed by atoms with Gasteiger partial charge in [-0.3, -0.25) is 0 Å². The highest BCUT2D eigenvalue weighted by atomic mass is 35.5. The third-order valence-corrected chi connectivity index (χ3v) is 6.23. The predicted octanol–water partition coefficient (Wildman–Crippen LogP) is 4.56. The van der Waals surface area contributed by atoms with Crippen molar-refractivity contribution < 1.29 is 8.42 Å². The Bertz CT molecular complexity index is 941. The molecule has 0 spiro atoms. The molecule has 0 heterocycles. The molecule has 0 saturated heterocycles. The maximum Gasteiger partial charge on any atom is 0.240 e. The zero-order chi connectivity index (χ0) is 17.0. The third-order valence-electron chi connectivity index (χ3n) is 3.51. The SMILES string of the molecule is O=S(=O)(NCCSc1ccc(Cl)cc1)c1ccc2ccccc2c1. The van der Waals surface area contributed by atoms with Gasteiger partial charge >= 0.3 is 0 Å². The molecule has 0 aliphatic carbocycles. The molecule has 0 atom stereocenters. The average molecular weight is 378 g/mol. The van der Waals surface area contributed by atoms with Crippen LogP contribution in [0.15, 0.2) is 76.5 Å². The molecule has 124 valence electrons. The van der Waals surface area contributed by atoms with E-state index in [1.54, 1.807) is 23.9 Å². The van der Waals surface area contributed by atoms with Gasteiger partial charge in [0, 0.05) is 22.2 Å². The molecule has 0 unspecified atom stereocenters. The van der Waals surface area contributed by atoms with Crippen molar-refractivity contribution in [3.05, 3.63) is 71.8 Å². The van der Waals surface area contributed by atoms with Crippen LogP contribution in [0.5, 0.6) is 0 Å². The number of thioether (sulfide) groups is 1. The largest absolute Gasteiger partial charge is 0.240 e. The molecule has 0 saturated carbocycles. The summed E-state index contributed by atoms with van der Waals surface area (Å²) in [7, 11) is -3.50. The van der Waals surface area contributed by atoms with Gasteiger partial charge in [0.15, 0.2) is 0 Å². The zero-order valence-corrected chi connectivity index (χ0v) is 15.2. The second-order valence-corrected chi connectivity index (χ2v) is 8.58. The minimum Gasteiger partial charge on any atom is -0.210 e. The van der Waals surface area contributed by atoms with Crippen molar-refractivity contribution in [1.82, 2.24) is 4.72 Å². The Hall–Kier alpha value is -1.53. The lowest BCUT2D eigenvalue weighted by molar-refractivity contribution is 0.584. The fourth-order valence-electron chi connectivity index (χ4n) is 2.29. The number of benzene rings is 3. The molecule has 0 fully saturated rings. The lowest BCUT2D eigenvalue weighted by Gasteiger charge is -2.08. The highest BCUT2D eigenvalue weighted by molar-refractivity contribution is 7.99. The fourth-order valence-corrected chi connectivity index (χ4v) is 4.38. The van der Waals surface area contributed by atoms with Crippen molar-refractivity contribution in [1.29, 1.82) is 0 Å². The van der Waals surface area contributed by atoms with E-state index < -0.39 is 10.0 Å². The number of nitrogens with one attached hydrogen (secondary N) is 1. The van der Waals surface area contributed by atoms with Crippen LogP contribution in [-0.2, 0) is 10.0 Å². The first kappa shape index (κ1) is 17.3. The lowest BCUT2D eigenvalue weighted by Crippen LogP contribution is -2.26. The van der Waals surface area contributed by atoms with E-state index in [0.717, 1.165) is 15.7 Å². The summed E-state index contributed by atoms with van der Waals surface area (Å²) in [6.45, 7) is 0.364. The van der Waals surface area contributed by atoms with Crippen molar-refractivity contribution in [2.45, 2.75) is 9.79 Å². The Labute approximate surface area is 151 Å². The Morgan fingerprint density at radius 2 is 1.62 bits per heavy atom. The number of sulfonamides is 1. The predicted molar refractivity (Wildman–Crippen MR) is 101 cm³/mol.